The van der Waals surface area contributed by atoms with Crippen LogP contribution in [0.2, 0.25) is 0 Å². The molecule has 1 aromatic heterocycles. The number of nitrogens with zero attached hydrogens (tertiary/aromatic N) is 3. The van der Waals surface area contributed by atoms with Crippen molar-refractivity contribution in [3.63, 3.8) is 0 Å². The van der Waals surface area contributed by atoms with Gasteiger partial charge in [-0.05, 0) is 26.7 Å². The second-order valence-electron chi connectivity index (χ2n) is 5.72. The maximum Gasteiger partial charge on any atom is 0.409 e. The third-order valence-electron chi connectivity index (χ3n) is 4.03. The van der Waals surface area contributed by atoms with E-state index in [0.717, 1.165) is 15.6 Å². The minimum absolute atomic E-state index is 0.0467. The highest BCUT2D eigenvalue weighted by Crippen LogP contribution is 2.42. The first-order valence-corrected chi connectivity index (χ1v) is 8.60. The van der Waals surface area contributed by atoms with E-state index in [1.165, 1.54) is 24.2 Å². The second-order valence-corrected chi connectivity index (χ2v) is 6.75. The zero-order chi connectivity index (χ0) is 15.7. The Morgan fingerprint density at radius 3 is 2.45 bits per heavy atom. The fourth-order valence-corrected chi connectivity index (χ4v) is 3.77. The maximum absolute atomic E-state index is 12.6. The predicted molar refractivity (Wildman–Crippen MR) is 83.3 cm³/mol. The van der Waals surface area contributed by atoms with E-state index >= 15 is 0 Å². The molecule has 0 unspecified atom stereocenters. The normalized spacial score (nSPS) is 18.5. The number of carbonyl (C=O) groups is 2. The van der Waals surface area contributed by atoms with Gasteiger partial charge in [-0.15, -0.1) is 11.3 Å². The molecule has 1 aromatic rings. The van der Waals surface area contributed by atoms with Crippen molar-refractivity contribution < 1.29 is 14.3 Å². The molecule has 0 atom stereocenters. The zero-order valence-corrected chi connectivity index (χ0v) is 13.8. The molecule has 2 aliphatic rings. The second kappa shape index (κ2) is 6.24. The van der Waals surface area contributed by atoms with E-state index in [1.807, 2.05) is 11.8 Å². The van der Waals surface area contributed by atoms with Crippen LogP contribution in [0.15, 0.2) is 0 Å². The lowest BCUT2D eigenvalue weighted by Crippen LogP contribution is -2.50. The monoisotopic (exact) mass is 323 g/mol. The van der Waals surface area contributed by atoms with Crippen molar-refractivity contribution in [2.24, 2.45) is 0 Å². The number of hydrogen-bond acceptors (Lipinski definition) is 5. The molecule has 0 bridgehead atoms. The Morgan fingerprint density at radius 2 is 1.86 bits per heavy atom. The van der Waals surface area contributed by atoms with Gasteiger partial charge in [0, 0.05) is 32.1 Å². The molecule has 3 rings (SSSR count). The predicted octanol–water partition coefficient (Wildman–Crippen LogP) is 2.24. The van der Waals surface area contributed by atoms with E-state index in [0.29, 0.717) is 38.7 Å². The van der Waals surface area contributed by atoms with Gasteiger partial charge in [0.1, 0.15) is 4.88 Å². The number of ether oxygens (including phenoxy) is 1. The number of thiazole rings is 1. The molecule has 0 spiro atoms. The number of aryl methyl sites for hydroxylation is 1. The highest BCUT2D eigenvalue weighted by molar-refractivity contribution is 7.13. The van der Waals surface area contributed by atoms with Crippen LogP contribution in [0.4, 0.5) is 4.79 Å². The molecule has 1 saturated carbocycles. The lowest BCUT2D eigenvalue weighted by Gasteiger charge is -2.33. The van der Waals surface area contributed by atoms with Gasteiger partial charge in [-0.1, -0.05) is 0 Å². The van der Waals surface area contributed by atoms with Gasteiger partial charge in [0.15, 0.2) is 0 Å². The van der Waals surface area contributed by atoms with Crippen molar-refractivity contribution in [1.82, 2.24) is 14.8 Å². The molecule has 22 heavy (non-hydrogen) atoms. The molecule has 1 aliphatic heterocycles. The van der Waals surface area contributed by atoms with E-state index < -0.39 is 0 Å². The number of aromatic nitrogens is 1. The largest absolute Gasteiger partial charge is 0.450 e. The van der Waals surface area contributed by atoms with E-state index in [1.54, 1.807) is 11.8 Å². The van der Waals surface area contributed by atoms with Crippen molar-refractivity contribution in [2.45, 2.75) is 32.6 Å². The SMILES string of the molecule is CCOC(=O)N1CCN(C(=O)c2sc(C3CC3)nc2C)CC1. The molecule has 7 heteroatoms. The molecular weight excluding hydrogens is 302 g/mol. The molecule has 1 saturated heterocycles. The standard InChI is InChI=1S/C15H21N3O3S/c1-3-21-15(20)18-8-6-17(7-9-18)14(19)12-10(2)16-13(22-12)11-4-5-11/h11H,3-9H2,1-2H3. The quantitative estimate of drug-likeness (QED) is 0.856. The summed E-state index contributed by atoms with van der Waals surface area (Å²) in [6, 6.07) is 0. The summed E-state index contributed by atoms with van der Waals surface area (Å²) in [4.78, 5) is 33.1. The van der Waals surface area contributed by atoms with E-state index in [-0.39, 0.29) is 12.0 Å². The molecular formula is C15H21N3O3S. The summed E-state index contributed by atoms with van der Waals surface area (Å²) >= 11 is 1.54. The van der Waals surface area contributed by atoms with E-state index in [9.17, 15) is 9.59 Å². The summed E-state index contributed by atoms with van der Waals surface area (Å²) in [5.41, 5.74) is 0.838. The number of amides is 2. The van der Waals surface area contributed by atoms with Crippen LogP contribution in [-0.2, 0) is 4.74 Å². The minimum Gasteiger partial charge on any atom is -0.450 e. The molecule has 0 N–H and O–H groups in total. The van der Waals surface area contributed by atoms with Crippen LogP contribution < -0.4 is 0 Å². The Balaban J connectivity index is 1.61. The number of carbonyl (C=O) groups excluding carboxylic acids is 2. The molecule has 6 nitrogen and oxygen atoms in total. The first kappa shape index (κ1) is 15.3. The average molecular weight is 323 g/mol. The Bertz CT molecular complexity index is 575. The van der Waals surface area contributed by atoms with Crippen molar-refractivity contribution >= 4 is 23.3 Å². The summed E-state index contributed by atoms with van der Waals surface area (Å²) in [5.74, 6) is 0.622. The summed E-state index contributed by atoms with van der Waals surface area (Å²) in [6.07, 6.45) is 2.09. The smallest absolute Gasteiger partial charge is 0.409 e. The van der Waals surface area contributed by atoms with Crippen LogP contribution in [0.5, 0.6) is 0 Å². The minimum atomic E-state index is -0.292. The van der Waals surface area contributed by atoms with Gasteiger partial charge >= 0.3 is 6.09 Å². The fraction of sp³-hybridized carbons (Fsp3) is 0.667. The third kappa shape index (κ3) is 3.09. The Labute approximate surface area is 134 Å². The maximum atomic E-state index is 12.6. The fourth-order valence-electron chi connectivity index (χ4n) is 2.57. The summed E-state index contributed by atoms with van der Waals surface area (Å²) in [5, 5.41) is 1.10. The first-order valence-electron chi connectivity index (χ1n) is 7.78. The van der Waals surface area contributed by atoms with Gasteiger partial charge < -0.3 is 14.5 Å². The highest BCUT2D eigenvalue weighted by Gasteiger charge is 2.31. The molecule has 2 heterocycles. The van der Waals surface area contributed by atoms with Crippen LogP contribution in [0.1, 0.15) is 46.1 Å². The Hall–Kier alpha value is -1.63. The molecule has 0 aromatic carbocycles. The molecule has 2 amide bonds. The zero-order valence-electron chi connectivity index (χ0n) is 13.0. The van der Waals surface area contributed by atoms with E-state index in [4.69, 9.17) is 4.74 Å². The van der Waals surface area contributed by atoms with E-state index in [2.05, 4.69) is 4.98 Å². The van der Waals surface area contributed by atoms with Crippen LogP contribution in [0.25, 0.3) is 0 Å². The first-order chi connectivity index (χ1) is 10.6. The highest BCUT2D eigenvalue weighted by atomic mass is 32.1. The number of piperazine rings is 1. The molecule has 120 valence electrons. The van der Waals surface area contributed by atoms with Crippen LogP contribution in [-0.4, -0.2) is 59.6 Å². The summed E-state index contributed by atoms with van der Waals surface area (Å²) in [7, 11) is 0. The van der Waals surface area contributed by atoms with Crippen molar-refractivity contribution in [3.8, 4) is 0 Å². The van der Waals surface area contributed by atoms with Crippen molar-refractivity contribution in [1.29, 1.82) is 0 Å². The van der Waals surface area contributed by atoms with Crippen LogP contribution in [0, 0.1) is 6.92 Å². The summed E-state index contributed by atoms with van der Waals surface area (Å²) < 4.78 is 4.99. The number of hydrogen-bond donors (Lipinski definition) is 0. The van der Waals surface area contributed by atoms with Gasteiger partial charge in [-0.2, -0.15) is 0 Å². The van der Waals surface area contributed by atoms with Crippen LogP contribution in [0.3, 0.4) is 0 Å². The van der Waals surface area contributed by atoms with Gasteiger partial charge in [0.05, 0.1) is 17.3 Å². The van der Waals surface area contributed by atoms with Gasteiger partial charge in [-0.25, -0.2) is 9.78 Å². The molecule has 0 radical (unpaired) electrons. The Kier molecular flexibility index (Phi) is 4.33. The van der Waals surface area contributed by atoms with Crippen LogP contribution >= 0.6 is 11.3 Å². The Morgan fingerprint density at radius 1 is 1.23 bits per heavy atom. The topological polar surface area (TPSA) is 62.7 Å². The van der Waals surface area contributed by atoms with Gasteiger partial charge in [0.25, 0.3) is 5.91 Å². The van der Waals surface area contributed by atoms with Crippen molar-refractivity contribution in [3.05, 3.63) is 15.6 Å². The summed E-state index contributed by atoms with van der Waals surface area (Å²) in [6.45, 7) is 6.23. The number of rotatable bonds is 3. The molecule has 1 aliphatic carbocycles. The average Bonchev–Trinajstić information content (AvgIpc) is 3.30. The molecule has 2 fully saturated rings. The van der Waals surface area contributed by atoms with Gasteiger partial charge in [0.2, 0.25) is 0 Å². The van der Waals surface area contributed by atoms with Gasteiger partial charge in [-0.3, -0.25) is 4.79 Å². The third-order valence-corrected chi connectivity index (χ3v) is 5.33. The lowest BCUT2D eigenvalue weighted by molar-refractivity contribution is 0.0573. The lowest BCUT2D eigenvalue weighted by atomic mass is 10.3. The van der Waals surface area contributed by atoms with Crippen molar-refractivity contribution in [2.75, 3.05) is 32.8 Å².